The van der Waals surface area contributed by atoms with Gasteiger partial charge in [-0.1, -0.05) is 26.0 Å². The van der Waals surface area contributed by atoms with Crippen molar-refractivity contribution in [2.24, 2.45) is 17.3 Å². The largest absolute Gasteiger partial charge is 0.481 e. The summed E-state index contributed by atoms with van der Waals surface area (Å²) < 4.78 is 0. The Bertz CT molecular complexity index is 609. The predicted molar refractivity (Wildman–Crippen MR) is 76.9 cm³/mol. The minimum atomic E-state index is -0.972. The van der Waals surface area contributed by atoms with Gasteiger partial charge in [0.15, 0.2) is 0 Å². The van der Waals surface area contributed by atoms with Gasteiger partial charge in [-0.25, -0.2) is 0 Å². The summed E-state index contributed by atoms with van der Waals surface area (Å²) >= 11 is 0. The summed E-state index contributed by atoms with van der Waals surface area (Å²) in [5.41, 5.74) is 0.157. The first kappa shape index (κ1) is 15.0. The molecule has 1 aliphatic carbocycles. The van der Waals surface area contributed by atoms with Crippen LogP contribution in [0.25, 0.3) is 0 Å². The lowest BCUT2D eigenvalue weighted by molar-refractivity contribution is -0.140. The quantitative estimate of drug-likeness (QED) is 0.779. The van der Waals surface area contributed by atoms with Gasteiger partial charge >= 0.3 is 5.97 Å². The van der Waals surface area contributed by atoms with E-state index in [9.17, 15) is 14.4 Å². The van der Waals surface area contributed by atoms with Crippen LogP contribution in [0.1, 0.15) is 24.2 Å². The molecular weight excluding hydrogens is 272 g/mol. The van der Waals surface area contributed by atoms with E-state index in [4.69, 9.17) is 5.11 Å². The number of rotatable bonds is 4. The van der Waals surface area contributed by atoms with E-state index in [0.717, 1.165) is 0 Å². The summed E-state index contributed by atoms with van der Waals surface area (Å²) in [5.74, 6) is -2.93. The number of amides is 2. The Morgan fingerprint density at radius 1 is 1.14 bits per heavy atom. The highest BCUT2D eigenvalue weighted by molar-refractivity contribution is 6.06. The Kier molecular flexibility index (Phi) is 3.72. The molecule has 1 saturated carbocycles. The summed E-state index contributed by atoms with van der Waals surface area (Å²) in [6.07, 6.45) is 0. The van der Waals surface area contributed by atoms with Gasteiger partial charge in [-0.15, -0.1) is 0 Å². The fourth-order valence-electron chi connectivity index (χ4n) is 2.72. The normalized spacial score (nSPS) is 22.2. The van der Waals surface area contributed by atoms with E-state index in [0.29, 0.717) is 11.3 Å². The summed E-state index contributed by atoms with van der Waals surface area (Å²) in [6, 6.07) is 6.62. The van der Waals surface area contributed by atoms with E-state index in [1.165, 1.54) is 7.05 Å². The third kappa shape index (κ3) is 2.61. The van der Waals surface area contributed by atoms with Gasteiger partial charge in [-0.3, -0.25) is 14.4 Å². The van der Waals surface area contributed by atoms with Crippen LogP contribution < -0.4 is 10.6 Å². The second kappa shape index (κ2) is 5.20. The molecule has 2 rings (SSSR count). The molecule has 1 fully saturated rings. The second-order valence-corrected chi connectivity index (χ2v) is 5.73. The maximum Gasteiger partial charge on any atom is 0.307 e. The minimum absolute atomic E-state index is 0.309. The molecule has 0 radical (unpaired) electrons. The molecule has 1 aromatic carbocycles. The zero-order valence-corrected chi connectivity index (χ0v) is 12.1. The molecule has 0 heterocycles. The van der Waals surface area contributed by atoms with Gasteiger partial charge in [0.05, 0.1) is 23.1 Å². The van der Waals surface area contributed by atoms with E-state index in [-0.39, 0.29) is 11.8 Å². The molecular formula is C15H18N2O4. The molecule has 1 aromatic rings. The van der Waals surface area contributed by atoms with Crippen LogP contribution in [-0.4, -0.2) is 29.9 Å². The van der Waals surface area contributed by atoms with Crippen LogP contribution >= 0.6 is 0 Å². The van der Waals surface area contributed by atoms with Crippen molar-refractivity contribution in [1.29, 1.82) is 0 Å². The van der Waals surface area contributed by atoms with E-state index in [1.807, 2.05) is 0 Å². The van der Waals surface area contributed by atoms with Crippen molar-refractivity contribution >= 4 is 23.5 Å². The second-order valence-electron chi connectivity index (χ2n) is 5.73. The SMILES string of the molecule is CNC(=O)c1ccccc1NC(=O)C1C(C(=O)O)C1(C)C. The molecule has 2 atom stereocenters. The number of aliphatic carboxylic acids is 1. The Balaban J connectivity index is 2.19. The molecule has 112 valence electrons. The summed E-state index contributed by atoms with van der Waals surface area (Å²) in [5, 5.41) is 14.3. The number of carboxylic acids is 1. The number of carbonyl (C=O) groups is 3. The Hall–Kier alpha value is -2.37. The number of nitrogens with one attached hydrogen (secondary N) is 2. The van der Waals surface area contributed by atoms with Gasteiger partial charge < -0.3 is 15.7 Å². The van der Waals surface area contributed by atoms with Crippen LogP contribution in [0.2, 0.25) is 0 Å². The first-order valence-corrected chi connectivity index (χ1v) is 6.65. The highest BCUT2D eigenvalue weighted by Crippen LogP contribution is 2.58. The third-order valence-electron chi connectivity index (χ3n) is 4.03. The predicted octanol–water partition coefficient (Wildman–Crippen LogP) is 1.34. The van der Waals surface area contributed by atoms with Crippen LogP contribution in [0.4, 0.5) is 5.69 Å². The Labute approximate surface area is 122 Å². The van der Waals surface area contributed by atoms with Gasteiger partial charge in [0.2, 0.25) is 5.91 Å². The van der Waals surface area contributed by atoms with Crippen molar-refractivity contribution in [2.45, 2.75) is 13.8 Å². The van der Waals surface area contributed by atoms with Crippen LogP contribution in [0, 0.1) is 17.3 Å². The maximum absolute atomic E-state index is 12.3. The van der Waals surface area contributed by atoms with E-state index in [2.05, 4.69) is 10.6 Å². The van der Waals surface area contributed by atoms with Crippen LogP contribution in [0.3, 0.4) is 0 Å². The molecule has 0 bridgehead atoms. The van der Waals surface area contributed by atoms with Gasteiger partial charge in [0.1, 0.15) is 0 Å². The highest BCUT2D eigenvalue weighted by atomic mass is 16.4. The molecule has 2 unspecified atom stereocenters. The fraction of sp³-hybridized carbons (Fsp3) is 0.400. The standard InChI is InChI=1S/C15H18N2O4/c1-15(2)10(11(15)14(20)21)13(19)17-9-7-5-4-6-8(9)12(18)16-3/h4-7,10-11H,1-3H3,(H,16,18)(H,17,19)(H,20,21). The number of para-hydroxylation sites is 1. The van der Waals surface area contributed by atoms with Crippen LogP contribution in [0.5, 0.6) is 0 Å². The lowest BCUT2D eigenvalue weighted by Gasteiger charge is -2.10. The first-order valence-electron chi connectivity index (χ1n) is 6.65. The zero-order valence-electron chi connectivity index (χ0n) is 12.1. The fourth-order valence-corrected chi connectivity index (χ4v) is 2.72. The molecule has 2 amide bonds. The Morgan fingerprint density at radius 3 is 2.29 bits per heavy atom. The lowest BCUT2D eigenvalue weighted by Crippen LogP contribution is -2.23. The Morgan fingerprint density at radius 2 is 1.76 bits per heavy atom. The lowest BCUT2D eigenvalue weighted by atomic mass is 10.1. The van der Waals surface area contributed by atoms with Gasteiger partial charge in [-0.2, -0.15) is 0 Å². The molecule has 6 heteroatoms. The number of carbonyl (C=O) groups excluding carboxylic acids is 2. The molecule has 6 nitrogen and oxygen atoms in total. The van der Waals surface area contributed by atoms with Crippen molar-refractivity contribution in [3.8, 4) is 0 Å². The zero-order chi connectivity index (χ0) is 15.8. The number of carboxylic acid groups (broad SMARTS) is 1. The van der Waals surface area contributed by atoms with E-state index < -0.39 is 23.2 Å². The molecule has 1 aliphatic rings. The molecule has 0 aromatic heterocycles. The summed E-state index contributed by atoms with van der Waals surface area (Å²) in [6.45, 7) is 3.50. The molecule has 0 aliphatic heterocycles. The number of hydrogen-bond acceptors (Lipinski definition) is 3. The number of anilines is 1. The van der Waals surface area contributed by atoms with Crippen LogP contribution in [-0.2, 0) is 9.59 Å². The van der Waals surface area contributed by atoms with Gasteiger partial charge in [-0.05, 0) is 17.5 Å². The van der Waals surface area contributed by atoms with Crippen molar-refractivity contribution in [3.63, 3.8) is 0 Å². The number of hydrogen-bond donors (Lipinski definition) is 3. The average molecular weight is 290 g/mol. The van der Waals surface area contributed by atoms with Crippen molar-refractivity contribution in [1.82, 2.24) is 5.32 Å². The van der Waals surface area contributed by atoms with Gasteiger partial charge in [0, 0.05) is 7.05 Å². The first-order chi connectivity index (χ1) is 9.80. The molecule has 0 saturated heterocycles. The number of benzene rings is 1. The average Bonchev–Trinajstić information content (AvgIpc) is 3.02. The maximum atomic E-state index is 12.3. The summed E-state index contributed by atoms with van der Waals surface area (Å²) in [7, 11) is 1.51. The summed E-state index contributed by atoms with van der Waals surface area (Å²) in [4.78, 5) is 35.1. The van der Waals surface area contributed by atoms with Crippen molar-refractivity contribution in [3.05, 3.63) is 29.8 Å². The molecule has 21 heavy (non-hydrogen) atoms. The van der Waals surface area contributed by atoms with Gasteiger partial charge in [0.25, 0.3) is 5.91 Å². The van der Waals surface area contributed by atoms with Crippen molar-refractivity contribution < 1.29 is 19.5 Å². The highest BCUT2D eigenvalue weighted by Gasteiger charge is 2.65. The van der Waals surface area contributed by atoms with E-state index in [1.54, 1.807) is 38.1 Å². The topological polar surface area (TPSA) is 95.5 Å². The minimum Gasteiger partial charge on any atom is -0.481 e. The molecule has 3 N–H and O–H groups in total. The third-order valence-corrected chi connectivity index (χ3v) is 4.03. The van der Waals surface area contributed by atoms with E-state index >= 15 is 0 Å². The molecule has 0 spiro atoms. The van der Waals surface area contributed by atoms with Crippen molar-refractivity contribution in [2.75, 3.05) is 12.4 Å². The monoisotopic (exact) mass is 290 g/mol. The van der Waals surface area contributed by atoms with Crippen LogP contribution in [0.15, 0.2) is 24.3 Å². The smallest absolute Gasteiger partial charge is 0.307 e.